The Bertz CT molecular complexity index is 1110. The van der Waals surface area contributed by atoms with Crippen LogP contribution < -0.4 is 0 Å². The number of halogens is 20. The summed E-state index contributed by atoms with van der Waals surface area (Å²) in [7, 11) is -5.38. The van der Waals surface area contributed by atoms with E-state index in [4.69, 9.17) is 4.55 Å². The molecule has 0 saturated carbocycles. The molecule has 0 aromatic carbocycles. The number of rotatable bonds is 21. The van der Waals surface area contributed by atoms with Crippen molar-refractivity contribution in [3.05, 3.63) is 0 Å². The largest absolute Gasteiger partial charge is 0.460 e. The smallest absolute Gasteiger partial charge is 0.374 e. The Kier molecular flexibility index (Phi) is 14.2. The Labute approximate surface area is 249 Å². The van der Waals surface area contributed by atoms with Crippen LogP contribution in [0.15, 0.2) is 0 Å². The maximum absolute atomic E-state index is 14.0. The molecule has 47 heavy (non-hydrogen) atoms. The standard InChI is InChI=1S/C19H20F20O7S/c1-11(21,22)12(23,24)4-3-9(10(7-47(40,41)42)43-6-2-5-20)44-8-13(25,26)45-18(36,37)19(38,39)46-17(34,35)15(29,30)14(27,28)16(31,32)33/h9-10H,2-8H2,1H3,(H,40,41,42)/t9?,10-/m1/s1. The van der Waals surface area contributed by atoms with Crippen molar-refractivity contribution in [2.45, 2.75) is 92.7 Å². The summed E-state index contributed by atoms with van der Waals surface area (Å²) in [4.78, 5) is 0. The van der Waals surface area contributed by atoms with E-state index in [1.54, 1.807) is 0 Å². The van der Waals surface area contributed by atoms with Crippen molar-refractivity contribution in [3.8, 4) is 0 Å². The van der Waals surface area contributed by atoms with Gasteiger partial charge in [0.2, 0.25) is 0 Å². The topological polar surface area (TPSA) is 91.3 Å². The van der Waals surface area contributed by atoms with Gasteiger partial charge < -0.3 is 9.47 Å². The third kappa shape index (κ3) is 12.0. The van der Waals surface area contributed by atoms with Gasteiger partial charge in [0, 0.05) is 20.0 Å². The normalized spacial score (nSPS) is 16.8. The second-order valence-electron chi connectivity index (χ2n) is 9.22. The van der Waals surface area contributed by atoms with E-state index in [0.29, 0.717) is 0 Å². The highest BCUT2D eigenvalue weighted by Gasteiger charge is 2.85. The summed E-state index contributed by atoms with van der Waals surface area (Å²) in [5, 5.41) is 0. The van der Waals surface area contributed by atoms with Gasteiger partial charge in [-0.2, -0.15) is 83.1 Å². The Balaban J connectivity index is 6.29. The van der Waals surface area contributed by atoms with Crippen molar-refractivity contribution in [3.63, 3.8) is 0 Å². The zero-order chi connectivity index (χ0) is 37.9. The highest BCUT2D eigenvalue weighted by atomic mass is 32.2. The highest BCUT2D eigenvalue weighted by Crippen LogP contribution is 2.56. The molecule has 0 radical (unpaired) electrons. The van der Waals surface area contributed by atoms with Crippen LogP contribution >= 0.6 is 0 Å². The molecule has 0 heterocycles. The van der Waals surface area contributed by atoms with Gasteiger partial charge in [-0.15, -0.1) is 0 Å². The second kappa shape index (κ2) is 14.7. The van der Waals surface area contributed by atoms with Crippen LogP contribution in [0.25, 0.3) is 0 Å². The zero-order valence-electron chi connectivity index (χ0n) is 22.5. The molecule has 1 N–H and O–H groups in total. The molecule has 2 atom stereocenters. The molecule has 0 spiro atoms. The van der Waals surface area contributed by atoms with E-state index in [1.165, 1.54) is 4.74 Å². The molecular weight excluding hydrogens is 752 g/mol. The fourth-order valence-corrected chi connectivity index (χ4v) is 3.53. The molecule has 0 saturated heterocycles. The Hall–Kier alpha value is -1.65. The van der Waals surface area contributed by atoms with Crippen molar-refractivity contribution in [1.29, 1.82) is 0 Å². The number of hydrogen-bond donors (Lipinski definition) is 1. The molecule has 0 fully saturated rings. The summed E-state index contributed by atoms with van der Waals surface area (Å²) >= 11 is 0. The SMILES string of the molecule is CC(F)(F)C(F)(F)CCC(OCC(F)(F)OC(F)(F)C(F)(F)OC(F)(F)C(F)(F)C(F)(F)C(F)(F)F)[C@@H](CS(=O)(=O)O)OCCCF. The number of ether oxygens (including phenoxy) is 4. The fraction of sp³-hybridized carbons (Fsp3) is 1.00. The van der Waals surface area contributed by atoms with Crippen LogP contribution in [-0.4, -0.2) is 105 Å². The van der Waals surface area contributed by atoms with E-state index < -0.39 is 122 Å². The third-order valence-corrected chi connectivity index (χ3v) is 5.99. The van der Waals surface area contributed by atoms with Crippen LogP contribution in [0.1, 0.15) is 26.2 Å². The van der Waals surface area contributed by atoms with Gasteiger partial charge in [-0.05, 0) is 12.8 Å². The first-order valence-corrected chi connectivity index (χ1v) is 13.2. The van der Waals surface area contributed by atoms with Crippen molar-refractivity contribution in [2.24, 2.45) is 0 Å². The lowest BCUT2D eigenvalue weighted by Crippen LogP contribution is -2.64. The van der Waals surface area contributed by atoms with Crippen LogP contribution in [0.2, 0.25) is 0 Å². The lowest BCUT2D eigenvalue weighted by molar-refractivity contribution is -0.543. The molecule has 0 aliphatic heterocycles. The average Bonchev–Trinajstić information content (AvgIpc) is 2.79. The molecule has 0 aliphatic rings. The maximum Gasteiger partial charge on any atom is 0.460 e. The molecule has 0 bridgehead atoms. The van der Waals surface area contributed by atoms with Crippen molar-refractivity contribution in [1.82, 2.24) is 0 Å². The zero-order valence-corrected chi connectivity index (χ0v) is 23.3. The second-order valence-corrected chi connectivity index (χ2v) is 10.7. The van der Waals surface area contributed by atoms with Crippen molar-refractivity contribution < 1.29 is 120 Å². The molecular formula is C19H20F20O7S. The molecule has 284 valence electrons. The molecule has 0 rings (SSSR count). The van der Waals surface area contributed by atoms with Crippen LogP contribution in [-0.2, 0) is 29.1 Å². The summed E-state index contributed by atoms with van der Waals surface area (Å²) < 4.78 is 307. The van der Waals surface area contributed by atoms with Gasteiger partial charge in [0.25, 0.3) is 10.1 Å². The van der Waals surface area contributed by atoms with Gasteiger partial charge in [0.05, 0.1) is 18.9 Å². The van der Waals surface area contributed by atoms with E-state index >= 15 is 0 Å². The minimum Gasteiger partial charge on any atom is -0.374 e. The van der Waals surface area contributed by atoms with Gasteiger partial charge in [-0.25, -0.2) is 18.3 Å². The predicted molar refractivity (Wildman–Crippen MR) is 109 cm³/mol. The summed E-state index contributed by atoms with van der Waals surface area (Å²) in [6.07, 6.45) is -46.8. The van der Waals surface area contributed by atoms with Crippen molar-refractivity contribution >= 4 is 10.1 Å². The Morgan fingerprint density at radius 1 is 0.660 bits per heavy atom. The first-order valence-electron chi connectivity index (χ1n) is 11.6. The Morgan fingerprint density at radius 3 is 1.53 bits per heavy atom. The lowest BCUT2D eigenvalue weighted by atomic mass is 10.0. The lowest BCUT2D eigenvalue weighted by Gasteiger charge is -2.36. The van der Waals surface area contributed by atoms with Gasteiger partial charge >= 0.3 is 54.3 Å². The number of alkyl halides is 20. The van der Waals surface area contributed by atoms with Crippen LogP contribution in [0, 0.1) is 0 Å². The molecule has 1 unspecified atom stereocenters. The van der Waals surface area contributed by atoms with E-state index in [2.05, 4.69) is 14.2 Å². The van der Waals surface area contributed by atoms with Crippen LogP contribution in [0.3, 0.4) is 0 Å². The van der Waals surface area contributed by atoms with E-state index in [9.17, 15) is 96.2 Å². The Morgan fingerprint density at radius 2 is 1.13 bits per heavy atom. The van der Waals surface area contributed by atoms with Gasteiger partial charge in [0.15, 0.2) is 0 Å². The minimum atomic E-state index is -8.13. The van der Waals surface area contributed by atoms with E-state index in [1.807, 2.05) is 0 Å². The van der Waals surface area contributed by atoms with Gasteiger partial charge in [-0.1, -0.05) is 0 Å². The quantitative estimate of drug-likeness (QED) is 0.0744. The average molecular weight is 772 g/mol. The monoisotopic (exact) mass is 772 g/mol. The van der Waals surface area contributed by atoms with Crippen LogP contribution in [0.4, 0.5) is 87.8 Å². The highest BCUT2D eigenvalue weighted by molar-refractivity contribution is 7.85. The van der Waals surface area contributed by atoms with Gasteiger partial charge in [0.1, 0.15) is 12.4 Å². The molecule has 7 nitrogen and oxygen atoms in total. The maximum atomic E-state index is 14.0. The third-order valence-electron chi connectivity index (χ3n) is 5.24. The predicted octanol–water partition coefficient (Wildman–Crippen LogP) is 7.31. The van der Waals surface area contributed by atoms with Gasteiger partial charge in [-0.3, -0.25) is 8.94 Å². The first-order chi connectivity index (χ1) is 20.4. The molecule has 0 aromatic rings. The summed E-state index contributed by atoms with van der Waals surface area (Å²) in [5.41, 5.74) is 0. The molecule has 0 aromatic heterocycles. The van der Waals surface area contributed by atoms with Crippen molar-refractivity contribution in [2.75, 3.05) is 25.6 Å². The van der Waals surface area contributed by atoms with E-state index in [-0.39, 0.29) is 6.92 Å². The summed E-state index contributed by atoms with van der Waals surface area (Å²) in [5.74, 6) is -28.0. The molecule has 0 amide bonds. The minimum absolute atomic E-state index is 0.383. The first kappa shape index (κ1) is 45.3. The molecule has 0 aliphatic carbocycles. The van der Waals surface area contributed by atoms with E-state index in [0.717, 1.165) is 0 Å². The molecule has 28 heteroatoms. The summed E-state index contributed by atoms with van der Waals surface area (Å²) in [6.45, 7) is -5.69. The van der Waals surface area contributed by atoms with Crippen LogP contribution in [0.5, 0.6) is 0 Å². The fourth-order valence-electron chi connectivity index (χ4n) is 2.80. The number of hydrogen-bond acceptors (Lipinski definition) is 6. The summed E-state index contributed by atoms with van der Waals surface area (Å²) in [6, 6.07) is 0.